The first-order valence-electron chi connectivity index (χ1n) is 5.75. The van der Waals surface area contributed by atoms with Crippen LogP contribution in [-0.4, -0.2) is 33.3 Å². The average Bonchev–Trinajstić information content (AvgIpc) is 2.68. The van der Waals surface area contributed by atoms with Crippen LogP contribution in [0.4, 0.5) is 10.7 Å². The molecule has 0 spiro atoms. The largest absolute Gasteiger partial charge is 0.443 e. The van der Waals surface area contributed by atoms with Gasteiger partial charge in [0.2, 0.25) is 0 Å². The Bertz CT molecular complexity index is 618. The Kier molecular flexibility index (Phi) is 3.49. The van der Waals surface area contributed by atoms with E-state index in [0.717, 1.165) is 4.47 Å². The van der Waals surface area contributed by atoms with Gasteiger partial charge in [-0.2, -0.15) is 4.98 Å². The van der Waals surface area contributed by atoms with Crippen molar-refractivity contribution >= 4 is 33.6 Å². The minimum absolute atomic E-state index is 0.298. The van der Waals surface area contributed by atoms with Crippen LogP contribution in [0, 0.1) is 0 Å². The van der Waals surface area contributed by atoms with Crippen LogP contribution >= 0.6 is 15.9 Å². The van der Waals surface area contributed by atoms with Gasteiger partial charge in [0, 0.05) is 17.7 Å². The second kappa shape index (κ2) is 4.80. The molecule has 0 bridgehead atoms. The second-order valence-electron chi connectivity index (χ2n) is 5.10. The third-order valence-corrected chi connectivity index (χ3v) is 2.75. The van der Waals surface area contributed by atoms with E-state index in [1.165, 1.54) is 4.90 Å². The molecule has 0 fully saturated rings. The topological polar surface area (TPSA) is 59.7 Å². The van der Waals surface area contributed by atoms with Gasteiger partial charge in [-0.3, -0.25) is 0 Å². The van der Waals surface area contributed by atoms with E-state index in [2.05, 4.69) is 26.0 Å². The monoisotopic (exact) mass is 326 g/mol. The van der Waals surface area contributed by atoms with Crippen molar-refractivity contribution < 1.29 is 9.53 Å². The van der Waals surface area contributed by atoms with E-state index in [9.17, 15) is 4.79 Å². The number of carbonyl (C=O) groups is 1. The number of ether oxygens (including phenoxy) is 1. The summed E-state index contributed by atoms with van der Waals surface area (Å²) in [5.41, 5.74) is 0.104. The van der Waals surface area contributed by atoms with E-state index in [1.807, 2.05) is 32.9 Å². The lowest BCUT2D eigenvalue weighted by molar-refractivity contribution is 0.0587. The molecule has 7 heteroatoms. The number of amides is 1. The molecular weight excluding hydrogens is 312 g/mol. The van der Waals surface area contributed by atoms with Crippen LogP contribution in [0.5, 0.6) is 0 Å². The van der Waals surface area contributed by atoms with E-state index in [-0.39, 0.29) is 0 Å². The SMILES string of the molecule is CN(C(=O)OC(C)(C)C)c1nc2cc(Br)ccn2n1. The molecule has 0 aliphatic heterocycles. The van der Waals surface area contributed by atoms with Crippen molar-refractivity contribution in [3.8, 4) is 0 Å². The lowest BCUT2D eigenvalue weighted by Crippen LogP contribution is -2.34. The van der Waals surface area contributed by atoms with Crippen LogP contribution in [0.25, 0.3) is 5.65 Å². The molecule has 2 rings (SSSR count). The number of hydrogen-bond donors (Lipinski definition) is 0. The van der Waals surface area contributed by atoms with Gasteiger partial charge < -0.3 is 4.74 Å². The summed E-state index contributed by atoms with van der Waals surface area (Å²) >= 11 is 3.36. The van der Waals surface area contributed by atoms with Gasteiger partial charge in [-0.15, -0.1) is 5.10 Å². The number of carbonyl (C=O) groups excluding carboxylic acids is 1. The van der Waals surface area contributed by atoms with Gasteiger partial charge in [0.15, 0.2) is 5.65 Å². The average molecular weight is 327 g/mol. The predicted octanol–water partition coefficient (Wildman–Crippen LogP) is 2.86. The Morgan fingerprint density at radius 3 is 2.79 bits per heavy atom. The second-order valence-corrected chi connectivity index (χ2v) is 6.01. The Morgan fingerprint density at radius 1 is 1.47 bits per heavy atom. The molecule has 0 aromatic carbocycles. The maximum atomic E-state index is 11.9. The van der Waals surface area contributed by atoms with Crippen molar-refractivity contribution in [3.05, 3.63) is 22.8 Å². The minimum Gasteiger partial charge on any atom is -0.443 e. The molecule has 0 N–H and O–H groups in total. The Balaban J connectivity index is 2.26. The molecule has 0 atom stereocenters. The normalized spacial score (nSPS) is 11.6. The number of rotatable bonds is 1. The van der Waals surface area contributed by atoms with Gasteiger partial charge in [-0.05, 0) is 32.9 Å². The summed E-state index contributed by atoms with van der Waals surface area (Å²) in [6.07, 6.45) is 1.28. The molecule has 6 nitrogen and oxygen atoms in total. The van der Waals surface area contributed by atoms with Crippen molar-refractivity contribution in [2.75, 3.05) is 11.9 Å². The zero-order valence-electron chi connectivity index (χ0n) is 11.2. The van der Waals surface area contributed by atoms with Crippen LogP contribution < -0.4 is 4.90 Å². The van der Waals surface area contributed by atoms with Gasteiger partial charge in [0.25, 0.3) is 5.95 Å². The molecule has 102 valence electrons. The lowest BCUT2D eigenvalue weighted by Gasteiger charge is -2.22. The molecule has 0 saturated heterocycles. The lowest BCUT2D eigenvalue weighted by atomic mass is 10.2. The number of pyridine rings is 1. The molecule has 19 heavy (non-hydrogen) atoms. The van der Waals surface area contributed by atoms with E-state index >= 15 is 0 Å². The minimum atomic E-state index is -0.548. The summed E-state index contributed by atoms with van der Waals surface area (Å²) in [5, 5.41) is 4.21. The van der Waals surface area contributed by atoms with Crippen LogP contribution in [-0.2, 0) is 4.74 Å². The zero-order valence-corrected chi connectivity index (χ0v) is 12.8. The van der Waals surface area contributed by atoms with Gasteiger partial charge in [0.05, 0.1) is 0 Å². The van der Waals surface area contributed by atoms with Crippen LogP contribution in [0.3, 0.4) is 0 Å². The van der Waals surface area contributed by atoms with E-state index in [1.54, 1.807) is 17.8 Å². The highest BCUT2D eigenvalue weighted by Gasteiger charge is 2.23. The van der Waals surface area contributed by atoms with Gasteiger partial charge >= 0.3 is 6.09 Å². The fourth-order valence-electron chi connectivity index (χ4n) is 1.40. The quantitative estimate of drug-likeness (QED) is 0.808. The summed E-state index contributed by atoms with van der Waals surface area (Å²) < 4.78 is 7.76. The molecule has 2 aromatic heterocycles. The molecule has 0 aliphatic rings. The summed E-state index contributed by atoms with van der Waals surface area (Å²) in [6, 6.07) is 3.67. The number of aromatic nitrogens is 3. The summed E-state index contributed by atoms with van der Waals surface area (Å²) in [6.45, 7) is 5.44. The maximum absolute atomic E-state index is 11.9. The first-order valence-corrected chi connectivity index (χ1v) is 6.54. The number of hydrogen-bond acceptors (Lipinski definition) is 4. The van der Waals surface area contributed by atoms with Crippen molar-refractivity contribution in [2.24, 2.45) is 0 Å². The molecule has 0 saturated carbocycles. The zero-order chi connectivity index (χ0) is 14.2. The maximum Gasteiger partial charge on any atom is 0.416 e. The standard InChI is InChI=1S/C12H15BrN4O2/c1-12(2,3)19-11(18)16(4)10-14-9-7-8(13)5-6-17(9)15-10/h5-7H,1-4H3. The molecular formula is C12H15BrN4O2. The highest BCUT2D eigenvalue weighted by molar-refractivity contribution is 9.10. The van der Waals surface area contributed by atoms with Crippen molar-refractivity contribution in [2.45, 2.75) is 26.4 Å². The fourth-order valence-corrected chi connectivity index (χ4v) is 1.72. The van der Waals surface area contributed by atoms with Crippen molar-refractivity contribution in [1.82, 2.24) is 14.6 Å². The third kappa shape index (κ3) is 3.23. The van der Waals surface area contributed by atoms with E-state index < -0.39 is 11.7 Å². The van der Waals surface area contributed by atoms with Crippen LogP contribution in [0.2, 0.25) is 0 Å². The summed E-state index contributed by atoms with van der Waals surface area (Å²) in [4.78, 5) is 17.5. The Morgan fingerprint density at radius 2 is 2.16 bits per heavy atom. The van der Waals surface area contributed by atoms with Crippen molar-refractivity contribution in [3.63, 3.8) is 0 Å². The van der Waals surface area contributed by atoms with Gasteiger partial charge in [0.1, 0.15) is 5.60 Å². The number of nitrogens with zero attached hydrogens (tertiary/aromatic N) is 4. The predicted molar refractivity (Wildman–Crippen MR) is 75.3 cm³/mol. The van der Waals surface area contributed by atoms with Crippen molar-refractivity contribution in [1.29, 1.82) is 0 Å². The first kappa shape index (κ1) is 13.8. The molecule has 2 heterocycles. The van der Waals surface area contributed by atoms with Crippen LogP contribution in [0.15, 0.2) is 22.8 Å². The Hall–Kier alpha value is -1.63. The fraction of sp³-hybridized carbons (Fsp3) is 0.417. The molecule has 0 radical (unpaired) electrons. The van der Waals surface area contributed by atoms with Crippen LogP contribution in [0.1, 0.15) is 20.8 Å². The highest BCUT2D eigenvalue weighted by Crippen LogP contribution is 2.16. The van der Waals surface area contributed by atoms with Gasteiger partial charge in [-0.1, -0.05) is 15.9 Å². The molecule has 0 aliphatic carbocycles. The first-order chi connectivity index (χ1) is 8.76. The van der Waals surface area contributed by atoms with E-state index in [0.29, 0.717) is 11.6 Å². The summed E-state index contributed by atoms with van der Waals surface area (Å²) in [7, 11) is 1.58. The summed E-state index contributed by atoms with van der Waals surface area (Å²) in [5.74, 6) is 0.298. The molecule has 0 unspecified atom stereocenters. The number of halogens is 1. The smallest absolute Gasteiger partial charge is 0.416 e. The number of fused-ring (bicyclic) bond motifs is 1. The van der Waals surface area contributed by atoms with Gasteiger partial charge in [-0.25, -0.2) is 14.2 Å². The van der Waals surface area contributed by atoms with E-state index in [4.69, 9.17) is 4.74 Å². The number of anilines is 1. The Labute approximate surface area is 119 Å². The highest BCUT2D eigenvalue weighted by atomic mass is 79.9. The molecule has 2 aromatic rings. The third-order valence-electron chi connectivity index (χ3n) is 2.26. The molecule has 1 amide bonds.